The minimum Gasteiger partial charge on any atom is -0.354 e. The summed E-state index contributed by atoms with van der Waals surface area (Å²) in [7, 11) is 0. The van der Waals surface area contributed by atoms with E-state index in [4.69, 9.17) is 5.10 Å². The molecule has 7 heteroatoms. The van der Waals surface area contributed by atoms with Crippen LogP contribution in [0.1, 0.15) is 21.6 Å². The van der Waals surface area contributed by atoms with Crippen LogP contribution in [-0.4, -0.2) is 53.4 Å². The van der Waals surface area contributed by atoms with Crippen LogP contribution < -0.4 is 15.5 Å². The van der Waals surface area contributed by atoms with Gasteiger partial charge in [0.25, 0.3) is 5.91 Å². The van der Waals surface area contributed by atoms with Crippen molar-refractivity contribution in [3.8, 4) is 11.3 Å². The number of piperazine rings is 1. The average molecular weight is 324 g/mol. The Morgan fingerprint density at radius 1 is 1.08 bits per heavy atom. The molecule has 1 aliphatic carbocycles. The maximum atomic E-state index is 12.2. The number of hydrogen-bond donors (Lipinski definition) is 2. The van der Waals surface area contributed by atoms with Crippen LogP contribution in [-0.2, 0) is 19.4 Å². The Morgan fingerprint density at radius 3 is 2.83 bits per heavy atom. The number of amides is 1. The van der Waals surface area contributed by atoms with Gasteiger partial charge in [0, 0.05) is 50.0 Å². The zero-order chi connectivity index (χ0) is 16.1. The lowest BCUT2D eigenvalue weighted by Gasteiger charge is -2.29. The molecule has 2 aromatic heterocycles. The zero-order valence-electron chi connectivity index (χ0n) is 13.5. The highest BCUT2D eigenvalue weighted by atomic mass is 16.2. The van der Waals surface area contributed by atoms with E-state index in [9.17, 15) is 4.79 Å². The molecule has 1 fully saturated rings. The molecule has 1 saturated heterocycles. The summed E-state index contributed by atoms with van der Waals surface area (Å²) in [6.45, 7) is 5.33. The van der Waals surface area contributed by atoms with E-state index in [0.717, 1.165) is 73.9 Å². The molecular formula is C17H20N6O. The van der Waals surface area contributed by atoms with Crippen molar-refractivity contribution >= 4 is 11.7 Å². The molecule has 1 amide bonds. The second kappa shape index (κ2) is 5.31. The first-order chi connectivity index (χ1) is 11.8. The Bertz CT molecular complexity index is 821. The molecule has 2 aliphatic heterocycles. The predicted molar refractivity (Wildman–Crippen MR) is 90.3 cm³/mol. The van der Waals surface area contributed by atoms with Gasteiger partial charge in [-0.25, -0.2) is 4.98 Å². The first-order valence-corrected chi connectivity index (χ1v) is 8.64. The molecule has 0 bridgehead atoms. The number of hydrogen-bond acceptors (Lipinski definition) is 5. The summed E-state index contributed by atoms with van der Waals surface area (Å²) >= 11 is 0. The van der Waals surface area contributed by atoms with Gasteiger partial charge in [0.15, 0.2) is 0 Å². The quantitative estimate of drug-likeness (QED) is 0.784. The number of anilines is 1. The number of aryl methyl sites for hydroxylation is 1. The molecule has 7 nitrogen and oxygen atoms in total. The van der Waals surface area contributed by atoms with E-state index < -0.39 is 0 Å². The fourth-order valence-electron chi connectivity index (χ4n) is 3.95. The van der Waals surface area contributed by atoms with Gasteiger partial charge in [-0.05, 0) is 24.5 Å². The number of nitrogens with zero attached hydrogens (tertiary/aromatic N) is 4. The van der Waals surface area contributed by atoms with E-state index >= 15 is 0 Å². The van der Waals surface area contributed by atoms with Crippen molar-refractivity contribution in [2.75, 3.05) is 37.6 Å². The second-order valence-electron chi connectivity index (χ2n) is 6.59. The summed E-state index contributed by atoms with van der Waals surface area (Å²) in [5.41, 5.74) is 5.20. The summed E-state index contributed by atoms with van der Waals surface area (Å²) in [6.07, 6.45) is 3.77. The van der Waals surface area contributed by atoms with Crippen LogP contribution in [0.15, 0.2) is 12.3 Å². The molecule has 0 atom stereocenters. The van der Waals surface area contributed by atoms with Gasteiger partial charge < -0.3 is 15.5 Å². The Balaban J connectivity index is 1.61. The van der Waals surface area contributed by atoms with Gasteiger partial charge in [0.05, 0.1) is 12.2 Å². The van der Waals surface area contributed by atoms with E-state index in [1.165, 1.54) is 5.56 Å². The molecule has 3 aliphatic rings. The molecule has 4 heterocycles. The lowest BCUT2D eigenvalue weighted by atomic mass is 9.90. The highest BCUT2D eigenvalue weighted by molar-refractivity contribution is 5.97. The van der Waals surface area contributed by atoms with Crippen LogP contribution in [0, 0.1) is 0 Å². The minimum atomic E-state index is 0.00911. The number of fused-ring (bicyclic) bond motifs is 5. The Hall–Kier alpha value is -2.41. The zero-order valence-corrected chi connectivity index (χ0v) is 13.5. The van der Waals surface area contributed by atoms with Gasteiger partial charge in [-0.2, -0.15) is 5.10 Å². The monoisotopic (exact) mass is 324 g/mol. The van der Waals surface area contributed by atoms with Crippen molar-refractivity contribution in [2.45, 2.75) is 19.4 Å². The van der Waals surface area contributed by atoms with Crippen LogP contribution in [0.5, 0.6) is 0 Å². The molecule has 0 spiro atoms. The third-order valence-electron chi connectivity index (χ3n) is 5.19. The fourth-order valence-corrected chi connectivity index (χ4v) is 3.95. The summed E-state index contributed by atoms with van der Waals surface area (Å²) in [5, 5.41) is 11.1. The van der Waals surface area contributed by atoms with Crippen LogP contribution >= 0.6 is 0 Å². The Labute approximate surface area is 140 Å². The molecule has 124 valence electrons. The molecule has 24 heavy (non-hydrogen) atoms. The van der Waals surface area contributed by atoms with E-state index in [1.807, 2.05) is 10.9 Å². The van der Waals surface area contributed by atoms with Crippen molar-refractivity contribution in [3.05, 3.63) is 29.1 Å². The van der Waals surface area contributed by atoms with Crippen molar-refractivity contribution in [1.82, 2.24) is 25.4 Å². The standard InChI is InChI=1S/C17H20N6O/c24-17-16-12-2-1-11-10-20-14(22-6-3-18-4-7-22)9-13(11)15(12)21-23(16)8-5-19-17/h9-10,18H,1-8H2,(H,19,24). The van der Waals surface area contributed by atoms with Crippen molar-refractivity contribution < 1.29 is 4.79 Å². The summed E-state index contributed by atoms with van der Waals surface area (Å²) in [6, 6.07) is 2.16. The minimum absolute atomic E-state index is 0.00911. The topological polar surface area (TPSA) is 75.1 Å². The largest absolute Gasteiger partial charge is 0.354 e. The molecule has 5 rings (SSSR count). The first kappa shape index (κ1) is 14.0. The van der Waals surface area contributed by atoms with Gasteiger partial charge in [-0.3, -0.25) is 9.48 Å². The molecular weight excluding hydrogens is 304 g/mol. The molecule has 2 N–H and O–H groups in total. The van der Waals surface area contributed by atoms with Crippen molar-refractivity contribution in [2.24, 2.45) is 0 Å². The Kier molecular flexibility index (Phi) is 3.09. The molecule has 0 aromatic carbocycles. The fraction of sp³-hybridized carbons (Fsp3) is 0.471. The number of carbonyl (C=O) groups excluding carboxylic acids is 1. The highest BCUT2D eigenvalue weighted by Gasteiger charge is 2.30. The van der Waals surface area contributed by atoms with Crippen LogP contribution in [0.4, 0.5) is 5.82 Å². The maximum absolute atomic E-state index is 12.2. The van der Waals surface area contributed by atoms with E-state index in [-0.39, 0.29) is 5.91 Å². The molecule has 0 radical (unpaired) electrons. The van der Waals surface area contributed by atoms with Crippen LogP contribution in [0.25, 0.3) is 11.3 Å². The van der Waals surface area contributed by atoms with Gasteiger partial charge in [0.2, 0.25) is 0 Å². The first-order valence-electron chi connectivity index (χ1n) is 8.64. The predicted octanol–water partition coefficient (Wildman–Crippen LogP) is 0.197. The maximum Gasteiger partial charge on any atom is 0.269 e. The molecule has 0 unspecified atom stereocenters. The molecule has 2 aromatic rings. The van der Waals surface area contributed by atoms with E-state index in [1.54, 1.807) is 0 Å². The average Bonchev–Trinajstić information content (AvgIpc) is 3.02. The van der Waals surface area contributed by atoms with Gasteiger partial charge in [-0.15, -0.1) is 0 Å². The normalized spacial score (nSPS) is 19.3. The lowest BCUT2D eigenvalue weighted by molar-refractivity contribution is 0.0923. The number of pyridine rings is 1. The Morgan fingerprint density at radius 2 is 1.96 bits per heavy atom. The van der Waals surface area contributed by atoms with E-state index in [0.29, 0.717) is 6.54 Å². The van der Waals surface area contributed by atoms with E-state index in [2.05, 4.69) is 26.6 Å². The third-order valence-corrected chi connectivity index (χ3v) is 5.19. The molecule has 0 saturated carbocycles. The number of carbonyl (C=O) groups is 1. The number of aromatic nitrogens is 3. The number of rotatable bonds is 1. The van der Waals surface area contributed by atoms with Crippen molar-refractivity contribution in [1.29, 1.82) is 0 Å². The van der Waals surface area contributed by atoms with Gasteiger partial charge in [-0.1, -0.05) is 0 Å². The van der Waals surface area contributed by atoms with Gasteiger partial charge in [0.1, 0.15) is 11.5 Å². The highest BCUT2D eigenvalue weighted by Crippen LogP contribution is 2.36. The van der Waals surface area contributed by atoms with Crippen LogP contribution in [0.2, 0.25) is 0 Å². The lowest BCUT2D eigenvalue weighted by Crippen LogP contribution is -2.43. The summed E-state index contributed by atoms with van der Waals surface area (Å²) < 4.78 is 1.88. The summed E-state index contributed by atoms with van der Waals surface area (Å²) in [4.78, 5) is 19.2. The SMILES string of the molecule is O=C1NCCn2nc3c(c21)CCc1cnc(N2CCNCC2)cc1-3. The smallest absolute Gasteiger partial charge is 0.269 e. The van der Waals surface area contributed by atoms with Gasteiger partial charge >= 0.3 is 0 Å². The second-order valence-corrected chi connectivity index (χ2v) is 6.59. The number of nitrogens with one attached hydrogen (secondary N) is 2. The third kappa shape index (κ3) is 2.04. The van der Waals surface area contributed by atoms with Crippen molar-refractivity contribution in [3.63, 3.8) is 0 Å². The van der Waals surface area contributed by atoms with Crippen LogP contribution in [0.3, 0.4) is 0 Å². The summed E-state index contributed by atoms with van der Waals surface area (Å²) in [5.74, 6) is 1.02.